The summed E-state index contributed by atoms with van der Waals surface area (Å²) in [6.07, 6.45) is 3.72. The van der Waals surface area contributed by atoms with Gasteiger partial charge in [-0.2, -0.15) is 0 Å². The molecule has 0 amide bonds. The normalized spacial score (nSPS) is 17.8. The first-order chi connectivity index (χ1) is 6.03. The van der Waals surface area contributed by atoms with E-state index in [2.05, 4.69) is 38.0 Å². The fourth-order valence-electron chi connectivity index (χ4n) is 2.06. The Morgan fingerprint density at radius 3 is 2.46 bits per heavy atom. The second-order valence-electron chi connectivity index (χ2n) is 5.10. The Morgan fingerprint density at radius 2 is 2.00 bits per heavy atom. The number of nitrogens with zero attached hydrogens (tertiary/aromatic N) is 1. The monoisotopic (exact) mass is 197 g/mol. The minimum atomic E-state index is -0.900. The van der Waals surface area contributed by atoms with E-state index in [0.717, 1.165) is 0 Å². The molecule has 0 aliphatic carbocycles. The van der Waals surface area contributed by atoms with E-state index in [9.17, 15) is 0 Å². The van der Waals surface area contributed by atoms with Gasteiger partial charge in [-0.05, 0) is 19.2 Å². The summed E-state index contributed by atoms with van der Waals surface area (Å²) in [5, 5.41) is 0. The SMILES string of the molecule is CCC[Si](C)(C)CC(C)=CN1CC1. The van der Waals surface area contributed by atoms with Gasteiger partial charge in [-0.15, -0.1) is 0 Å². The van der Waals surface area contributed by atoms with Gasteiger partial charge in [0.1, 0.15) is 0 Å². The molecule has 0 aromatic heterocycles. The Kier molecular flexibility index (Phi) is 3.60. The van der Waals surface area contributed by atoms with Gasteiger partial charge < -0.3 is 4.90 Å². The standard InChI is InChI=1S/C11H23NSi/c1-5-8-13(3,4)10-11(2)9-12-6-7-12/h9H,5-8,10H2,1-4H3. The van der Waals surface area contributed by atoms with Crippen molar-refractivity contribution in [2.75, 3.05) is 13.1 Å². The topological polar surface area (TPSA) is 3.01 Å². The zero-order valence-corrected chi connectivity index (χ0v) is 10.6. The second-order valence-corrected chi connectivity index (χ2v) is 10.3. The first-order valence-corrected chi connectivity index (χ1v) is 8.86. The molecule has 0 N–H and O–H groups in total. The summed E-state index contributed by atoms with van der Waals surface area (Å²) < 4.78 is 0. The lowest BCUT2D eigenvalue weighted by Crippen LogP contribution is -2.24. The number of hydrogen-bond acceptors (Lipinski definition) is 1. The molecular formula is C11H23NSi. The maximum Gasteiger partial charge on any atom is 0.0514 e. The highest BCUT2D eigenvalue weighted by molar-refractivity contribution is 6.77. The predicted octanol–water partition coefficient (Wildman–Crippen LogP) is 3.32. The van der Waals surface area contributed by atoms with E-state index in [1.54, 1.807) is 5.57 Å². The molecule has 2 heteroatoms. The van der Waals surface area contributed by atoms with Crippen LogP contribution in [0.15, 0.2) is 11.8 Å². The lowest BCUT2D eigenvalue weighted by Gasteiger charge is -2.21. The molecule has 1 fully saturated rings. The Hall–Kier alpha value is -0.243. The third kappa shape index (κ3) is 4.51. The van der Waals surface area contributed by atoms with Crippen LogP contribution in [-0.2, 0) is 0 Å². The van der Waals surface area contributed by atoms with Gasteiger partial charge in [-0.3, -0.25) is 0 Å². The fourth-order valence-corrected chi connectivity index (χ4v) is 5.20. The van der Waals surface area contributed by atoms with Crippen molar-refractivity contribution in [1.29, 1.82) is 0 Å². The highest BCUT2D eigenvalue weighted by atomic mass is 28.3. The average Bonchev–Trinajstić information content (AvgIpc) is 2.68. The molecule has 1 nitrogen and oxygen atoms in total. The molecule has 13 heavy (non-hydrogen) atoms. The Labute approximate surface area is 83.8 Å². The minimum absolute atomic E-state index is 0.900. The maximum absolute atomic E-state index is 2.51. The quantitative estimate of drug-likeness (QED) is 0.482. The zero-order chi connectivity index (χ0) is 9.90. The molecule has 1 rings (SSSR count). The van der Waals surface area contributed by atoms with Crippen LogP contribution in [0.2, 0.25) is 25.2 Å². The van der Waals surface area contributed by atoms with Gasteiger partial charge in [-0.25, -0.2) is 0 Å². The Morgan fingerprint density at radius 1 is 1.38 bits per heavy atom. The third-order valence-corrected chi connectivity index (χ3v) is 5.94. The number of rotatable bonds is 5. The molecule has 0 aromatic rings. The van der Waals surface area contributed by atoms with E-state index in [-0.39, 0.29) is 0 Å². The molecule has 1 heterocycles. The van der Waals surface area contributed by atoms with Crippen LogP contribution < -0.4 is 0 Å². The van der Waals surface area contributed by atoms with E-state index in [1.807, 2.05) is 0 Å². The van der Waals surface area contributed by atoms with E-state index >= 15 is 0 Å². The summed E-state index contributed by atoms with van der Waals surface area (Å²) in [4.78, 5) is 2.39. The lowest BCUT2D eigenvalue weighted by atomic mass is 10.4. The molecule has 1 aliphatic heterocycles. The van der Waals surface area contributed by atoms with Crippen LogP contribution in [0.5, 0.6) is 0 Å². The predicted molar refractivity (Wildman–Crippen MR) is 62.7 cm³/mol. The van der Waals surface area contributed by atoms with Crippen molar-refractivity contribution in [3.05, 3.63) is 11.8 Å². The van der Waals surface area contributed by atoms with Crippen LogP contribution in [0.25, 0.3) is 0 Å². The van der Waals surface area contributed by atoms with Crippen molar-refractivity contribution in [3.63, 3.8) is 0 Å². The van der Waals surface area contributed by atoms with Gasteiger partial charge in [-0.1, -0.05) is 38.1 Å². The first kappa shape index (κ1) is 10.8. The van der Waals surface area contributed by atoms with Gasteiger partial charge in [0.2, 0.25) is 0 Å². The summed E-state index contributed by atoms with van der Waals surface area (Å²) >= 11 is 0. The van der Waals surface area contributed by atoms with E-state index in [4.69, 9.17) is 0 Å². The van der Waals surface area contributed by atoms with Crippen molar-refractivity contribution in [1.82, 2.24) is 4.90 Å². The molecule has 0 unspecified atom stereocenters. The lowest BCUT2D eigenvalue weighted by molar-refractivity contribution is 0.760. The molecule has 1 saturated heterocycles. The van der Waals surface area contributed by atoms with Crippen LogP contribution in [0.1, 0.15) is 20.3 Å². The van der Waals surface area contributed by atoms with E-state index in [0.29, 0.717) is 0 Å². The van der Waals surface area contributed by atoms with Crippen molar-refractivity contribution in [3.8, 4) is 0 Å². The maximum atomic E-state index is 2.51. The molecule has 0 aromatic carbocycles. The van der Waals surface area contributed by atoms with Crippen molar-refractivity contribution < 1.29 is 0 Å². The largest absolute Gasteiger partial charge is 0.374 e. The van der Waals surface area contributed by atoms with Crippen molar-refractivity contribution in [2.45, 2.75) is 45.5 Å². The Balaban J connectivity index is 2.36. The highest BCUT2D eigenvalue weighted by Gasteiger charge is 2.21. The summed E-state index contributed by atoms with van der Waals surface area (Å²) in [7, 11) is -0.900. The van der Waals surface area contributed by atoms with Gasteiger partial charge in [0.15, 0.2) is 0 Å². The third-order valence-electron chi connectivity index (χ3n) is 2.57. The summed E-state index contributed by atoms with van der Waals surface area (Å²) in [6.45, 7) is 12.2. The smallest absolute Gasteiger partial charge is 0.0514 e. The fraction of sp³-hybridized carbons (Fsp3) is 0.818. The van der Waals surface area contributed by atoms with E-state index < -0.39 is 8.07 Å². The Bertz CT molecular complexity index is 192. The van der Waals surface area contributed by atoms with Crippen molar-refractivity contribution >= 4 is 8.07 Å². The molecule has 0 spiro atoms. The first-order valence-electron chi connectivity index (χ1n) is 5.45. The van der Waals surface area contributed by atoms with Gasteiger partial charge in [0.05, 0.1) is 8.07 Å². The molecular weight excluding hydrogens is 174 g/mol. The summed E-state index contributed by atoms with van der Waals surface area (Å²) in [6, 6.07) is 2.86. The van der Waals surface area contributed by atoms with Crippen LogP contribution in [-0.4, -0.2) is 26.1 Å². The van der Waals surface area contributed by atoms with Crippen molar-refractivity contribution in [2.24, 2.45) is 0 Å². The van der Waals surface area contributed by atoms with Crippen LogP contribution in [0, 0.1) is 0 Å². The second kappa shape index (κ2) is 4.31. The molecule has 1 aliphatic rings. The zero-order valence-electron chi connectivity index (χ0n) is 9.56. The summed E-state index contributed by atoms with van der Waals surface area (Å²) in [5.74, 6) is 0. The molecule has 0 bridgehead atoms. The van der Waals surface area contributed by atoms with Crippen LogP contribution in [0.4, 0.5) is 0 Å². The van der Waals surface area contributed by atoms with Crippen LogP contribution >= 0.6 is 0 Å². The average molecular weight is 197 g/mol. The van der Waals surface area contributed by atoms with Gasteiger partial charge in [0.25, 0.3) is 0 Å². The summed E-state index contributed by atoms with van der Waals surface area (Å²) in [5.41, 5.74) is 1.60. The molecule has 76 valence electrons. The van der Waals surface area contributed by atoms with Gasteiger partial charge in [0, 0.05) is 13.1 Å². The van der Waals surface area contributed by atoms with Crippen LogP contribution in [0.3, 0.4) is 0 Å². The number of hydrogen-bond donors (Lipinski definition) is 0. The molecule has 0 atom stereocenters. The molecule has 0 radical (unpaired) electrons. The highest BCUT2D eigenvalue weighted by Crippen LogP contribution is 2.23. The van der Waals surface area contributed by atoms with E-state index in [1.165, 1.54) is 31.6 Å². The minimum Gasteiger partial charge on any atom is -0.374 e. The number of allylic oxidation sites excluding steroid dienone is 1. The molecule has 0 saturated carbocycles. The van der Waals surface area contributed by atoms with Gasteiger partial charge >= 0.3 is 0 Å².